The van der Waals surface area contributed by atoms with E-state index in [1.54, 1.807) is 0 Å². The quantitative estimate of drug-likeness (QED) is 0.529. The van der Waals surface area contributed by atoms with Crippen molar-refractivity contribution in [2.24, 2.45) is 0 Å². The molecule has 0 saturated heterocycles. The van der Waals surface area contributed by atoms with Crippen LogP contribution in [-0.2, 0) is 0 Å². The van der Waals surface area contributed by atoms with E-state index in [0.717, 1.165) is 0 Å². The summed E-state index contributed by atoms with van der Waals surface area (Å²) in [5.41, 5.74) is 2.25. The predicted octanol–water partition coefficient (Wildman–Crippen LogP) is 0.736. The third-order valence-electron chi connectivity index (χ3n) is 0.863. The third-order valence-corrected chi connectivity index (χ3v) is 2.57. The molecule has 7 heavy (non-hydrogen) atoms. The Morgan fingerprint density at radius 2 is 1.86 bits per heavy atom. The molecule has 1 aromatic heterocycles. The van der Waals surface area contributed by atoms with Crippen LogP contribution >= 0.6 is 0 Å². The first-order valence-electron chi connectivity index (χ1n) is 2.24. The maximum absolute atomic E-state index is 2.25. The minimum absolute atomic E-state index is 0.153. The molecule has 0 amide bonds. The zero-order chi connectivity index (χ0) is 5.11. The summed E-state index contributed by atoms with van der Waals surface area (Å²) in [6.45, 7) is 0. The number of hydrogen-bond donors (Lipinski definition) is 0. The van der Waals surface area contributed by atoms with Crippen LogP contribution < -0.4 is 0 Å². The topological polar surface area (TPSA) is 4.93 Å². The molecule has 38 valence electrons. The Bertz CT molecular complexity index is 123. The molecule has 1 atom stereocenters. The molecule has 0 aromatic carbocycles. The van der Waals surface area contributed by atoms with Crippen LogP contribution in [0, 0.1) is 0 Å². The van der Waals surface area contributed by atoms with E-state index in [2.05, 4.69) is 33.7 Å². The molecule has 0 aliphatic carbocycles. The van der Waals surface area contributed by atoms with E-state index in [-0.39, 0.29) is 16.0 Å². The van der Waals surface area contributed by atoms with Crippen molar-refractivity contribution >= 4 is 16.0 Å². The molecule has 0 fully saturated rings. The van der Waals surface area contributed by atoms with Gasteiger partial charge in [-0.05, 0) is 0 Å². The van der Waals surface area contributed by atoms with Gasteiger partial charge in [-0.3, -0.25) is 0 Å². The minimum atomic E-state index is 0.153. The molecule has 1 rings (SSSR count). The second-order valence-corrected chi connectivity index (χ2v) is 3.34. The Morgan fingerprint density at radius 1 is 1.29 bits per heavy atom. The van der Waals surface area contributed by atoms with Crippen molar-refractivity contribution in [2.75, 3.05) is 0 Å². The first-order chi connectivity index (χ1) is 3.43. The normalized spacial score (nSPS) is 11.0. The van der Waals surface area contributed by atoms with E-state index >= 15 is 0 Å². The monoisotopic (exact) mass is 157 g/mol. The van der Waals surface area contributed by atoms with Crippen LogP contribution in [0.25, 0.3) is 0 Å². The van der Waals surface area contributed by atoms with Gasteiger partial charge >= 0.3 is 49.7 Å². The van der Waals surface area contributed by atoms with Crippen molar-refractivity contribution in [3.8, 4) is 0 Å². The van der Waals surface area contributed by atoms with E-state index in [1.165, 1.54) is 0 Å². The molecule has 1 heterocycles. The zero-order valence-electron chi connectivity index (χ0n) is 4.26. The van der Waals surface area contributed by atoms with Gasteiger partial charge in [0.2, 0.25) is 0 Å². The molecule has 1 nitrogen and oxygen atoms in total. The fourth-order valence-electron chi connectivity index (χ4n) is 0.484. The summed E-state index contributed by atoms with van der Waals surface area (Å²) >= 11 is 0.153. The molecule has 0 N–H and O–H groups in total. The molecule has 1 unspecified atom stereocenters. The van der Waals surface area contributed by atoms with Crippen LogP contribution in [-0.4, -0.2) is 19.5 Å². The summed E-state index contributed by atoms with van der Waals surface area (Å²) in [4.78, 5) is 0. The van der Waals surface area contributed by atoms with E-state index in [1.807, 2.05) is 0 Å². The number of hydrogen-bond acceptors (Lipinski definition) is 0. The van der Waals surface area contributed by atoms with Gasteiger partial charge in [-0.1, -0.05) is 0 Å². The third kappa shape index (κ3) is 1.10. The Balaban J connectivity index is 2.76. The first-order valence-corrected chi connectivity index (χ1v) is 5.28. The summed E-state index contributed by atoms with van der Waals surface area (Å²) in [6.07, 6.45) is 4.22. The van der Waals surface area contributed by atoms with Gasteiger partial charge in [0.15, 0.2) is 0 Å². The van der Waals surface area contributed by atoms with Crippen LogP contribution in [0.4, 0.5) is 0 Å². The first kappa shape index (κ1) is 4.98. The van der Waals surface area contributed by atoms with Crippen molar-refractivity contribution in [1.29, 1.82) is 0 Å². The summed E-state index contributed by atoms with van der Waals surface area (Å²) in [5, 5.41) is 0. The number of aromatic nitrogens is 1. The SMILES string of the molecule is C[AsH]n1cccc1. The van der Waals surface area contributed by atoms with Crippen LogP contribution in [0.2, 0.25) is 5.71 Å². The van der Waals surface area contributed by atoms with Gasteiger partial charge in [-0.2, -0.15) is 0 Å². The molecule has 1 aromatic rings. The molecule has 0 saturated carbocycles. The average Bonchev–Trinajstić information content (AvgIpc) is 2.14. The number of rotatable bonds is 1. The molecule has 2 heteroatoms. The van der Waals surface area contributed by atoms with Crippen LogP contribution in [0.3, 0.4) is 0 Å². The summed E-state index contributed by atoms with van der Waals surface area (Å²) in [7, 11) is 0. The maximum atomic E-state index is 2.25. The van der Waals surface area contributed by atoms with Crippen LogP contribution in [0.15, 0.2) is 24.5 Å². The summed E-state index contributed by atoms with van der Waals surface area (Å²) < 4.78 is 2.25. The van der Waals surface area contributed by atoms with Crippen molar-refractivity contribution in [3.63, 3.8) is 0 Å². The summed E-state index contributed by atoms with van der Waals surface area (Å²) in [6, 6.07) is 4.12. The molecular formula is C5H8AsN. The fraction of sp³-hybridized carbons (Fsp3) is 0.200. The van der Waals surface area contributed by atoms with E-state index in [9.17, 15) is 0 Å². The Hall–Kier alpha value is -0.162. The predicted molar refractivity (Wildman–Crippen MR) is 32.8 cm³/mol. The second kappa shape index (κ2) is 2.22. The van der Waals surface area contributed by atoms with Crippen molar-refractivity contribution < 1.29 is 0 Å². The Morgan fingerprint density at radius 3 is 2.14 bits per heavy atom. The Labute approximate surface area is 50.3 Å². The number of nitrogens with zero attached hydrogens (tertiary/aromatic N) is 1. The van der Waals surface area contributed by atoms with Crippen molar-refractivity contribution in [1.82, 2.24) is 3.48 Å². The zero-order valence-corrected chi connectivity index (χ0v) is 6.35. The molecule has 0 aliphatic heterocycles. The van der Waals surface area contributed by atoms with Crippen LogP contribution in [0.1, 0.15) is 0 Å². The van der Waals surface area contributed by atoms with Gasteiger partial charge in [0.25, 0.3) is 0 Å². The summed E-state index contributed by atoms with van der Waals surface area (Å²) in [5.74, 6) is 0. The standard InChI is InChI=1S/C5H8AsN/c1-6-7-4-2-3-5-7/h2-6H,1H3. The van der Waals surface area contributed by atoms with Crippen LogP contribution in [0.5, 0.6) is 0 Å². The van der Waals surface area contributed by atoms with E-state index in [4.69, 9.17) is 0 Å². The molecule has 0 spiro atoms. The molecule has 0 aliphatic rings. The van der Waals surface area contributed by atoms with Crippen molar-refractivity contribution in [3.05, 3.63) is 24.5 Å². The van der Waals surface area contributed by atoms with E-state index in [0.29, 0.717) is 0 Å². The van der Waals surface area contributed by atoms with Gasteiger partial charge in [0, 0.05) is 0 Å². The fourth-order valence-corrected chi connectivity index (χ4v) is 1.47. The molecule has 0 radical (unpaired) electrons. The molecule has 0 bridgehead atoms. The Kier molecular flexibility index (Phi) is 1.58. The van der Waals surface area contributed by atoms with Gasteiger partial charge in [0.1, 0.15) is 0 Å². The van der Waals surface area contributed by atoms with E-state index < -0.39 is 0 Å². The van der Waals surface area contributed by atoms with Gasteiger partial charge in [-0.15, -0.1) is 0 Å². The van der Waals surface area contributed by atoms with Gasteiger partial charge < -0.3 is 0 Å². The van der Waals surface area contributed by atoms with Gasteiger partial charge in [0.05, 0.1) is 0 Å². The van der Waals surface area contributed by atoms with Crippen molar-refractivity contribution in [2.45, 2.75) is 5.71 Å². The molecular weight excluding hydrogens is 149 g/mol. The average molecular weight is 157 g/mol. The second-order valence-electron chi connectivity index (χ2n) is 1.31. The van der Waals surface area contributed by atoms with Gasteiger partial charge in [-0.25, -0.2) is 0 Å².